The van der Waals surface area contributed by atoms with E-state index in [1.807, 2.05) is 19.9 Å². The van der Waals surface area contributed by atoms with E-state index in [9.17, 15) is 9.90 Å². The monoisotopic (exact) mass is 397 g/mol. The Bertz CT molecular complexity index is 1090. The van der Waals surface area contributed by atoms with Gasteiger partial charge in [0.05, 0.1) is 12.2 Å². The summed E-state index contributed by atoms with van der Waals surface area (Å²) in [6.45, 7) is 5.97. The molecule has 146 valence electrons. The number of thiophene rings is 1. The minimum atomic E-state index is -0.361. The molecule has 0 fully saturated rings. The van der Waals surface area contributed by atoms with E-state index < -0.39 is 0 Å². The average molecular weight is 397 g/mol. The predicted molar refractivity (Wildman–Crippen MR) is 112 cm³/mol. The Balaban J connectivity index is 1.82. The molecule has 0 spiro atoms. The zero-order valence-electron chi connectivity index (χ0n) is 16.3. The van der Waals surface area contributed by atoms with Gasteiger partial charge in [-0.25, -0.2) is 9.79 Å². The molecular formula is C22H23NO4S. The third-order valence-electron chi connectivity index (χ3n) is 5.29. The quantitative estimate of drug-likeness (QED) is 0.458. The van der Waals surface area contributed by atoms with Gasteiger partial charge in [-0.05, 0) is 57.7 Å². The molecule has 3 aromatic rings. The van der Waals surface area contributed by atoms with Crippen LogP contribution in [0, 0.1) is 13.8 Å². The molecule has 0 unspecified atom stereocenters. The molecule has 1 aromatic carbocycles. The maximum Gasteiger partial charge on any atom is 0.341 e. The first kappa shape index (κ1) is 18.7. The fraction of sp³-hybridized carbons (Fsp3) is 0.364. The van der Waals surface area contributed by atoms with Gasteiger partial charge in [0.25, 0.3) is 0 Å². The van der Waals surface area contributed by atoms with Crippen molar-refractivity contribution in [3.8, 4) is 5.75 Å². The lowest BCUT2D eigenvalue weighted by atomic mass is 9.94. The number of esters is 1. The van der Waals surface area contributed by atoms with Gasteiger partial charge < -0.3 is 14.3 Å². The molecule has 0 radical (unpaired) electrons. The van der Waals surface area contributed by atoms with E-state index in [0.717, 1.165) is 52.9 Å². The van der Waals surface area contributed by atoms with Gasteiger partial charge in [0.1, 0.15) is 22.1 Å². The molecule has 0 atom stereocenters. The highest BCUT2D eigenvalue weighted by atomic mass is 32.1. The Morgan fingerprint density at radius 1 is 1.32 bits per heavy atom. The summed E-state index contributed by atoms with van der Waals surface area (Å²) < 4.78 is 11.2. The van der Waals surface area contributed by atoms with E-state index in [4.69, 9.17) is 9.15 Å². The second-order valence-electron chi connectivity index (χ2n) is 7.02. The molecule has 2 aromatic heterocycles. The molecule has 2 heterocycles. The van der Waals surface area contributed by atoms with Crippen LogP contribution >= 0.6 is 11.3 Å². The number of phenolic OH excluding ortho intramolecular Hbond substituents is 1. The predicted octanol–water partition coefficient (Wildman–Crippen LogP) is 5.62. The first-order chi connectivity index (χ1) is 13.5. The molecule has 0 amide bonds. The number of hydrogen-bond donors (Lipinski definition) is 1. The van der Waals surface area contributed by atoms with Gasteiger partial charge in [-0.1, -0.05) is 0 Å². The van der Waals surface area contributed by atoms with Crippen molar-refractivity contribution in [1.82, 2.24) is 0 Å². The molecule has 1 aliphatic carbocycles. The number of phenols is 1. The van der Waals surface area contributed by atoms with Crippen molar-refractivity contribution in [3.05, 3.63) is 45.0 Å². The summed E-state index contributed by atoms with van der Waals surface area (Å²) in [7, 11) is 0. The third-order valence-corrected chi connectivity index (χ3v) is 6.41. The second kappa shape index (κ2) is 7.43. The van der Waals surface area contributed by atoms with Gasteiger partial charge in [-0.15, -0.1) is 11.3 Å². The maximum atomic E-state index is 12.4. The van der Waals surface area contributed by atoms with Gasteiger partial charge in [-0.2, -0.15) is 0 Å². The summed E-state index contributed by atoms with van der Waals surface area (Å²) in [5.74, 6) is 0.809. The molecule has 1 aliphatic rings. The van der Waals surface area contributed by atoms with Crippen LogP contribution in [0.5, 0.6) is 5.75 Å². The summed E-state index contributed by atoms with van der Waals surface area (Å²) in [4.78, 5) is 18.0. The molecule has 4 rings (SSSR count). The van der Waals surface area contributed by atoms with E-state index in [1.54, 1.807) is 19.2 Å². The van der Waals surface area contributed by atoms with E-state index >= 15 is 0 Å². The number of aliphatic imine (C=N–C) groups is 1. The molecule has 1 N–H and O–H groups in total. The van der Waals surface area contributed by atoms with Crippen LogP contribution in [0.3, 0.4) is 0 Å². The molecule has 0 saturated heterocycles. The fourth-order valence-corrected chi connectivity index (χ4v) is 4.76. The SMILES string of the molecule is CCOC(=O)c1c(/N=C\c2c(O)ccc3oc4c(c23)CCCC4)sc(C)c1C. The number of hydrogen-bond acceptors (Lipinski definition) is 6. The zero-order valence-corrected chi connectivity index (χ0v) is 17.1. The van der Waals surface area contributed by atoms with Crippen molar-refractivity contribution in [2.45, 2.75) is 46.5 Å². The van der Waals surface area contributed by atoms with Crippen molar-refractivity contribution in [2.24, 2.45) is 4.99 Å². The number of nitrogens with zero attached hydrogens (tertiary/aromatic N) is 1. The van der Waals surface area contributed by atoms with Gasteiger partial charge in [0.2, 0.25) is 0 Å². The Labute approximate surface area is 167 Å². The summed E-state index contributed by atoms with van der Waals surface area (Å²) in [6.07, 6.45) is 5.76. The molecule has 0 aliphatic heterocycles. The second-order valence-corrected chi connectivity index (χ2v) is 8.23. The normalized spacial score (nSPS) is 14.0. The van der Waals surface area contributed by atoms with Crippen molar-refractivity contribution < 1.29 is 19.1 Å². The molecular weight excluding hydrogens is 374 g/mol. The van der Waals surface area contributed by atoms with Crippen LogP contribution in [0.2, 0.25) is 0 Å². The van der Waals surface area contributed by atoms with Crippen molar-refractivity contribution >= 4 is 39.5 Å². The van der Waals surface area contributed by atoms with Crippen LogP contribution in [-0.2, 0) is 17.6 Å². The fourth-order valence-electron chi connectivity index (χ4n) is 3.77. The largest absolute Gasteiger partial charge is 0.507 e. The summed E-state index contributed by atoms with van der Waals surface area (Å²) >= 11 is 1.45. The lowest BCUT2D eigenvalue weighted by molar-refractivity contribution is 0.0527. The lowest BCUT2D eigenvalue weighted by Crippen LogP contribution is -2.05. The smallest absolute Gasteiger partial charge is 0.341 e. The van der Waals surface area contributed by atoms with Gasteiger partial charge in [-0.3, -0.25) is 0 Å². The van der Waals surface area contributed by atoms with Crippen molar-refractivity contribution in [2.75, 3.05) is 6.61 Å². The molecule has 6 heteroatoms. The number of carbonyl (C=O) groups is 1. The maximum absolute atomic E-state index is 12.4. The average Bonchev–Trinajstić information content (AvgIpc) is 3.19. The Morgan fingerprint density at radius 3 is 2.89 bits per heavy atom. The Hall–Kier alpha value is -2.60. The summed E-state index contributed by atoms with van der Waals surface area (Å²) in [5.41, 5.74) is 3.97. The molecule has 0 saturated carbocycles. The number of fused-ring (bicyclic) bond motifs is 3. The highest BCUT2D eigenvalue weighted by molar-refractivity contribution is 7.16. The number of carbonyl (C=O) groups excluding carboxylic acids is 1. The molecule has 28 heavy (non-hydrogen) atoms. The van der Waals surface area contributed by atoms with E-state index in [0.29, 0.717) is 22.7 Å². The van der Waals surface area contributed by atoms with Gasteiger partial charge >= 0.3 is 5.97 Å². The number of furan rings is 1. The number of benzene rings is 1. The standard InChI is InChI=1S/C22H23NO4S/c1-4-26-22(25)19-12(2)13(3)28-21(19)23-11-15-16(24)9-10-18-20(15)14-7-5-6-8-17(14)27-18/h9-11,24H,4-8H2,1-3H3/b23-11-. The Kier molecular flexibility index (Phi) is 4.98. The number of ether oxygens (including phenoxy) is 1. The van der Waals surface area contributed by atoms with Gasteiger partial charge in [0.15, 0.2) is 0 Å². The minimum Gasteiger partial charge on any atom is -0.507 e. The van der Waals surface area contributed by atoms with Crippen LogP contribution in [0.1, 0.15) is 57.5 Å². The number of aromatic hydroxyl groups is 1. The molecule has 5 nitrogen and oxygen atoms in total. The topological polar surface area (TPSA) is 72.0 Å². The van der Waals surface area contributed by atoms with Crippen LogP contribution in [0.25, 0.3) is 11.0 Å². The van der Waals surface area contributed by atoms with E-state index in [-0.39, 0.29) is 11.7 Å². The number of rotatable bonds is 4. The van der Waals surface area contributed by atoms with Crippen molar-refractivity contribution in [1.29, 1.82) is 0 Å². The summed E-state index contributed by atoms with van der Waals surface area (Å²) in [5, 5.41) is 12.0. The van der Waals surface area contributed by atoms with Crippen LogP contribution in [0.15, 0.2) is 21.5 Å². The Morgan fingerprint density at radius 2 is 2.11 bits per heavy atom. The van der Waals surface area contributed by atoms with Gasteiger partial charge in [0, 0.05) is 34.0 Å². The minimum absolute atomic E-state index is 0.160. The van der Waals surface area contributed by atoms with E-state index in [2.05, 4.69) is 4.99 Å². The van der Waals surface area contributed by atoms with Crippen LogP contribution in [-0.4, -0.2) is 23.9 Å². The van der Waals surface area contributed by atoms with E-state index in [1.165, 1.54) is 16.9 Å². The van der Waals surface area contributed by atoms with Crippen LogP contribution in [0.4, 0.5) is 5.00 Å². The highest BCUT2D eigenvalue weighted by Gasteiger charge is 2.23. The van der Waals surface area contributed by atoms with Crippen molar-refractivity contribution in [3.63, 3.8) is 0 Å². The van der Waals surface area contributed by atoms with Crippen LogP contribution < -0.4 is 0 Å². The first-order valence-corrected chi connectivity index (χ1v) is 10.4. The number of aryl methyl sites for hydroxylation is 3. The summed E-state index contributed by atoms with van der Waals surface area (Å²) in [6, 6.07) is 3.44. The lowest BCUT2D eigenvalue weighted by Gasteiger charge is -2.09. The third kappa shape index (κ3) is 3.11. The molecule has 0 bridgehead atoms. The zero-order chi connectivity index (χ0) is 19.8. The highest BCUT2D eigenvalue weighted by Crippen LogP contribution is 2.38. The first-order valence-electron chi connectivity index (χ1n) is 9.58.